The second-order valence-corrected chi connectivity index (χ2v) is 12.3. The number of hydrogen-bond acceptors (Lipinski definition) is 8. The number of aromatic nitrogens is 2. The summed E-state index contributed by atoms with van der Waals surface area (Å²) in [6.07, 6.45) is 0. The van der Waals surface area contributed by atoms with E-state index in [4.69, 9.17) is 10.5 Å². The van der Waals surface area contributed by atoms with E-state index in [1.54, 1.807) is 48.5 Å². The summed E-state index contributed by atoms with van der Waals surface area (Å²) in [5.41, 5.74) is 7.46. The molecule has 3 aromatic rings. The van der Waals surface area contributed by atoms with Gasteiger partial charge in [0.1, 0.15) is 5.82 Å². The van der Waals surface area contributed by atoms with E-state index in [0.717, 1.165) is 5.56 Å². The molecule has 0 radical (unpaired) electrons. The Kier molecular flexibility index (Phi) is 8.62. The van der Waals surface area contributed by atoms with Gasteiger partial charge in [0.2, 0.25) is 10.0 Å². The van der Waals surface area contributed by atoms with Crippen molar-refractivity contribution in [3.05, 3.63) is 91.6 Å². The summed E-state index contributed by atoms with van der Waals surface area (Å²) in [4.78, 5) is 42.5. The molecule has 3 N–H and O–H groups in total. The molecule has 0 saturated carbocycles. The van der Waals surface area contributed by atoms with Crippen molar-refractivity contribution in [1.29, 1.82) is 0 Å². The molecule has 2 heterocycles. The average Bonchev–Trinajstić information content (AvgIpc) is 2.93. The average molecular weight is 570 g/mol. The second-order valence-electron chi connectivity index (χ2n) is 10.3. The van der Waals surface area contributed by atoms with Crippen LogP contribution in [0.15, 0.2) is 63.0 Å². The van der Waals surface area contributed by atoms with E-state index in [0.29, 0.717) is 30.8 Å². The molecular weight excluding hydrogens is 534 g/mol. The molecule has 214 valence electrons. The fourth-order valence-corrected chi connectivity index (χ4v) is 6.38. The second kappa shape index (κ2) is 11.8. The number of carbonyl (C=O) groups is 1. The van der Waals surface area contributed by atoms with Gasteiger partial charge in [-0.2, -0.15) is 4.31 Å². The number of ether oxygens (including phenoxy) is 1. The Labute approximate surface area is 233 Å². The number of sulfonamides is 1. The van der Waals surface area contributed by atoms with Crippen molar-refractivity contribution >= 4 is 21.8 Å². The Morgan fingerprint density at radius 1 is 1.00 bits per heavy atom. The minimum Gasteiger partial charge on any atom is -0.465 e. The number of esters is 1. The Morgan fingerprint density at radius 3 is 2.15 bits per heavy atom. The highest BCUT2D eigenvalue weighted by molar-refractivity contribution is 7.89. The van der Waals surface area contributed by atoms with Crippen LogP contribution >= 0.6 is 0 Å². The van der Waals surface area contributed by atoms with Crippen molar-refractivity contribution in [3.63, 3.8) is 0 Å². The standard InChI is InChI=1S/C28H35N5O6S/c1-18(2)17-33-25(29)23(26(34)30-28(33)36)24(20-7-9-21(10-8-20)27(35)39-4)31-13-15-32(16-14-31)40(37,38)22-11-5-19(3)6-12-22/h5-12,18,24H,13-17,29H2,1-4H3,(H,30,34,36)/t24-/m1/s1. The number of nitrogens with two attached hydrogens (primary N) is 1. The van der Waals surface area contributed by atoms with Crippen LogP contribution in [0.5, 0.6) is 0 Å². The van der Waals surface area contributed by atoms with Gasteiger partial charge < -0.3 is 10.5 Å². The normalized spacial score (nSPS) is 15.7. The van der Waals surface area contributed by atoms with Gasteiger partial charge in [0.05, 0.1) is 29.2 Å². The maximum Gasteiger partial charge on any atom is 0.337 e. The zero-order valence-electron chi connectivity index (χ0n) is 23.1. The summed E-state index contributed by atoms with van der Waals surface area (Å²) >= 11 is 0. The van der Waals surface area contributed by atoms with Crippen molar-refractivity contribution in [1.82, 2.24) is 18.8 Å². The Hall–Kier alpha value is -3.74. The Bertz CT molecular complexity index is 1590. The first-order valence-corrected chi connectivity index (χ1v) is 14.5. The van der Waals surface area contributed by atoms with Crippen molar-refractivity contribution in [2.75, 3.05) is 39.0 Å². The zero-order valence-corrected chi connectivity index (χ0v) is 23.9. The van der Waals surface area contributed by atoms with Crippen LogP contribution in [0, 0.1) is 12.8 Å². The summed E-state index contributed by atoms with van der Waals surface area (Å²) in [5.74, 6) is -0.355. The number of carbonyl (C=O) groups excluding carboxylic acids is 1. The number of hydrogen-bond donors (Lipinski definition) is 2. The lowest BCUT2D eigenvalue weighted by Gasteiger charge is -2.39. The smallest absolute Gasteiger partial charge is 0.337 e. The first kappa shape index (κ1) is 29.2. The summed E-state index contributed by atoms with van der Waals surface area (Å²) in [6, 6.07) is 12.6. The maximum absolute atomic E-state index is 13.3. The number of nitrogens with one attached hydrogen (secondary N) is 1. The highest BCUT2D eigenvalue weighted by atomic mass is 32.2. The lowest BCUT2D eigenvalue weighted by atomic mass is 9.96. The molecule has 12 heteroatoms. The molecule has 4 rings (SSSR count). The predicted octanol–water partition coefficient (Wildman–Crippen LogP) is 1.97. The number of H-pyrrole nitrogens is 1. The van der Waals surface area contributed by atoms with Gasteiger partial charge in [-0.05, 0) is 42.7 Å². The molecule has 0 bridgehead atoms. The van der Waals surface area contributed by atoms with Crippen LogP contribution in [0.2, 0.25) is 0 Å². The van der Waals surface area contributed by atoms with E-state index in [1.807, 2.05) is 25.7 Å². The van der Waals surface area contributed by atoms with Gasteiger partial charge in [-0.3, -0.25) is 19.2 Å². The first-order chi connectivity index (χ1) is 18.9. The quantitative estimate of drug-likeness (QED) is 0.391. The van der Waals surface area contributed by atoms with E-state index >= 15 is 0 Å². The van der Waals surface area contributed by atoms with Crippen molar-refractivity contribution in [2.24, 2.45) is 5.92 Å². The van der Waals surface area contributed by atoms with E-state index in [-0.39, 0.29) is 35.3 Å². The lowest BCUT2D eigenvalue weighted by Crippen LogP contribution is -2.51. The third-order valence-electron chi connectivity index (χ3n) is 7.04. The topological polar surface area (TPSA) is 148 Å². The number of nitrogens with zero attached hydrogens (tertiary/aromatic N) is 3. The fraction of sp³-hybridized carbons (Fsp3) is 0.393. The number of piperazine rings is 1. The van der Waals surface area contributed by atoms with Crippen molar-refractivity contribution in [2.45, 2.75) is 38.3 Å². The molecule has 2 aromatic carbocycles. The number of methoxy groups -OCH3 is 1. The molecule has 1 fully saturated rings. The Morgan fingerprint density at radius 2 is 1.60 bits per heavy atom. The molecule has 1 aliphatic heterocycles. The summed E-state index contributed by atoms with van der Waals surface area (Å²) < 4.78 is 34.2. The summed E-state index contributed by atoms with van der Waals surface area (Å²) in [7, 11) is -2.41. The highest BCUT2D eigenvalue weighted by Gasteiger charge is 2.35. The van der Waals surface area contributed by atoms with Gasteiger partial charge in [-0.15, -0.1) is 0 Å². The van der Waals surface area contributed by atoms with E-state index in [1.165, 1.54) is 16.0 Å². The van der Waals surface area contributed by atoms with E-state index < -0.39 is 33.3 Å². The van der Waals surface area contributed by atoms with Gasteiger partial charge >= 0.3 is 11.7 Å². The number of benzene rings is 2. The number of rotatable bonds is 8. The highest BCUT2D eigenvalue weighted by Crippen LogP contribution is 2.32. The van der Waals surface area contributed by atoms with Crippen molar-refractivity contribution in [3.8, 4) is 0 Å². The van der Waals surface area contributed by atoms with E-state index in [2.05, 4.69) is 4.98 Å². The first-order valence-electron chi connectivity index (χ1n) is 13.1. The molecule has 0 amide bonds. The minimum absolute atomic E-state index is 0.0548. The minimum atomic E-state index is -3.70. The third kappa shape index (κ3) is 5.88. The third-order valence-corrected chi connectivity index (χ3v) is 8.96. The number of aromatic amines is 1. The zero-order chi connectivity index (χ0) is 29.2. The Balaban J connectivity index is 1.73. The summed E-state index contributed by atoms with van der Waals surface area (Å²) in [5, 5.41) is 0. The molecule has 0 spiro atoms. The van der Waals surface area contributed by atoms with Crippen LogP contribution in [0.3, 0.4) is 0 Å². The van der Waals surface area contributed by atoms with Gasteiger partial charge in [-0.25, -0.2) is 18.0 Å². The van der Waals surface area contributed by atoms with Gasteiger partial charge in [0.15, 0.2) is 0 Å². The van der Waals surface area contributed by atoms with Crippen LogP contribution < -0.4 is 17.0 Å². The largest absolute Gasteiger partial charge is 0.465 e. The maximum atomic E-state index is 13.3. The molecule has 11 nitrogen and oxygen atoms in total. The predicted molar refractivity (Wildman–Crippen MR) is 152 cm³/mol. The molecule has 1 saturated heterocycles. The van der Waals surface area contributed by atoms with Crippen LogP contribution in [-0.4, -0.2) is 66.4 Å². The van der Waals surface area contributed by atoms with Crippen LogP contribution in [0.4, 0.5) is 5.82 Å². The molecule has 0 unspecified atom stereocenters. The molecule has 1 aromatic heterocycles. The molecular formula is C28H35N5O6S. The molecule has 1 atom stereocenters. The lowest BCUT2D eigenvalue weighted by molar-refractivity contribution is 0.0600. The van der Waals surface area contributed by atoms with Gasteiger partial charge in [0, 0.05) is 32.7 Å². The SMILES string of the molecule is COC(=O)c1ccc([C@H](c2c(N)n(CC(C)C)c(=O)[nH]c2=O)N2CCN(S(=O)(=O)c3ccc(C)cc3)CC2)cc1. The van der Waals surface area contributed by atoms with Gasteiger partial charge in [-0.1, -0.05) is 43.7 Å². The number of anilines is 1. The van der Waals surface area contributed by atoms with Crippen LogP contribution in [0.25, 0.3) is 0 Å². The fourth-order valence-electron chi connectivity index (χ4n) is 4.95. The molecule has 40 heavy (non-hydrogen) atoms. The monoisotopic (exact) mass is 569 g/mol. The molecule has 0 aliphatic carbocycles. The van der Waals surface area contributed by atoms with E-state index in [9.17, 15) is 22.8 Å². The number of aryl methyl sites for hydroxylation is 1. The molecule has 1 aliphatic rings. The van der Waals surface area contributed by atoms with Crippen LogP contribution in [-0.2, 0) is 21.3 Å². The summed E-state index contributed by atoms with van der Waals surface area (Å²) in [6.45, 7) is 7.07. The van der Waals surface area contributed by atoms with Crippen LogP contribution in [0.1, 0.15) is 46.9 Å². The van der Waals surface area contributed by atoms with Crippen molar-refractivity contribution < 1.29 is 17.9 Å². The number of nitrogen functional groups attached to an aromatic ring is 1. The van der Waals surface area contributed by atoms with Gasteiger partial charge in [0.25, 0.3) is 5.56 Å².